The number of hydrogen-bond acceptors (Lipinski definition) is 3. The van der Waals surface area contributed by atoms with Gasteiger partial charge in [-0.25, -0.2) is 0 Å². The molecule has 0 fully saturated rings. The van der Waals surface area contributed by atoms with Gasteiger partial charge in [0.25, 0.3) is 0 Å². The lowest BCUT2D eigenvalue weighted by Gasteiger charge is -2.09. The van der Waals surface area contributed by atoms with E-state index in [1.807, 2.05) is 37.3 Å². The third-order valence-corrected chi connectivity index (χ3v) is 2.48. The van der Waals surface area contributed by atoms with Crippen LogP contribution < -0.4 is 10.1 Å². The van der Waals surface area contributed by atoms with E-state index >= 15 is 0 Å². The van der Waals surface area contributed by atoms with Gasteiger partial charge in [-0.2, -0.15) is 5.26 Å². The summed E-state index contributed by atoms with van der Waals surface area (Å²) in [5, 5.41) is 11.5. The number of carbonyl (C=O) groups is 1. The molecule has 17 heavy (non-hydrogen) atoms. The minimum absolute atomic E-state index is 0.224. The average molecular weight is 232 g/mol. The molecule has 1 aromatic rings. The number of nitrogens with one attached hydrogen (secondary N) is 1. The fourth-order valence-corrected chi connectivity index (χ4v) is 1.43. The minimum Gasteiger partial charge on any atom is -0.497 e. The van der Waals surface area contributed by atoms with E-state index in [1.165, 1.54) is 0 Å². The van der Waals surface area contributed by atoms with Crippen molar-refractivity contribution in [1.29, 1.82) is 5.26 Å². The zero-order chi connectivity index (χ0) is 12.7. The first kappa shape index (κ1) is 13.0. The highest BCUT2D eigenvalue weighted by Gasteiger charge is 2.14. The van der Waals surface area contributed by atoms with Crippen LogP contribution in [0.25, 0.3) is 0 Å². The first-order valence-electron chi connectivity index (χ1n) is 5.51. The van der Waals surface area contributed by atoms with Gasteiger partial charge in [-0.15, -0.1) is 0 Å². The van der Waals surface area contributed by atoms with E-state index in [2.05, 4.69) is 5.32 Å². The van der Waals surface area contributed by atoms with Crippen LogP contribution in [0.15, 0.2) is 24.3 Å². The fourth-order valence-electron chi connectivity index (χ4n) is 1.43. The molecule has 0 saturated heterocycles. The molecule has 90 valence electrons. The Morgan fingerprint density at radius 3 is 2.94 bits per heavy atom. The summed E-state index contributed by atoms with van der Waals surface area (Å²) < 4.78 is 5.09. The summed E-state index contributed by atoms with van der Waals surface area (Å²) in [5.74, 6) is -0.0394. The van der Waals surface area contributed by atoms with E-state index in [0.29, 0.717) is 13.0 Å². The maximum absolute atomic E-state index is 11.6. The van der Waals surface area contributed by atoms with Crippen LogP contribution in [0.4, 0.5) is 0 Å². The molecular formula is C13H16N2O2. The summed E-state index contributed by atoms with van der Waals surface area (Å²) in [6.07, 6.45) is 0.528. The number of nitrogens with zero attached hydrogens (tertiary/aromatic N) is 1. The van der Waals surface area contributed by atoms with Crippen molar-refractivity contribution in [1.82, 2.24) is 5.32 Å². The van der Waals surface area contributed by atoms with Crippen LogP contribution >= 0.6 is 0 Å². The molecule has 1 unspecified atom stereocenters. The summed E-state index contributed by atoms with van der Waals surface area (Å²) in [5.41, 5.74) is 0.950. The smallest absolute Gasteiger partial charge is 0.237 e. The maximum Gasteiger partial charge on any atom is 0.237 e. The SMILES string of the molecule is CCC(C#N)C(=O)NCc1cccc(OC)c1. The normalized spacial score (nSPS) is 11.4. The second kappa shape index (κ2) is 6.54. The summed E-state index contributed by atoms with van der Waals surface area (Å²) >= 11 is 0. The summed E-state index contributed by atoms with van der Waals surface area (Å²) in [4.78, 5) is 11.6. The molecule has 1 N–H and O–H groups in total. The van der Waals surface area contributed by atoms with E-state index < -0.39 is 5.92 Å². The summed E-state index contributed by atoms with van der Waals surface area (Å²) in [7, 11) is 1.60. The van der Waals surface area contributed by atoms with E-state index in [4.69, 9.17) is 10.00 Å². The molecule has 0 spiro atoms. The van der Waals surface area contributed by atoms with Crippen molar-refractivity contribution in [3.05, 3.63) is 29.8 Å². The lowest BCUT2D eigenvalue weighted by Crippen LogP contribution is -2.29. The number of ether oxygens (including phenoxy) is 1. The van der Waals surface area contributed by atoms with Crippen molar-refractivity contribution in [2.75, 3.05) is 7.11 Å². The third kappa shape index (κ3) is 3.80. The Balaban J connectivity index is 2.55. The second-order valence-corrected chi connectivity index (χ2v) is 3.66. The number of nitriles is 1. The van der Waals surface area contributed by atoms with Gasteiger partial charge in [-0.05, 0) is 24.1 Å². The first-order chi connectivity index (χ1) is 8.21. The molecule has 1 aromatic carbocycles. The standard InChI is InChI=1S/C13H16N2O2/c1-3-11(8-14)13(16)15-9-10-5-4-6-12(7-10)17-2/h4-7,11H,3,9H2,1-2H3,(H,15,16). The van der Waals surface area contributed by atoms with Crippen LogP contribution in [0, 0.1) is 17.2 Å². The number of amides is 1. The van der Waals surface area contributed by atoms with Gasteiger partial charge in [-0.3, -0.25) is 4.79 Å². The van der Waals surface area contributed by atoms with Gasteiger partial charge in [-0.1, -0.05) is 19.1 Å². The van der Waals surface area contributed by atoms with Gasteiger partial charge < -0.3 is 10.1 Å². The third-order valence-electron chi connectivity index (χ3n) is 2.48. The second-order valence-electron chi connectivity index (χ2n) is 3.66. The van der Waals surface area contributed by atoms with Gasteiger partial charge in [0.05, 0.1) is 13.2 Å². The molecule has 0 aliphatic carbocycles. The van der Waals surface area contributed by atoms with Gasteiger partial charge in [0.2, 0.25) is 5.91 Å². The highest BCUT2D eigenvalue weighted by molar-refractivity contribution is 5.80. The van der Waals surface area contributed by atoms with Crippen molar-refractivity contribution < 1.29 is 9.53 Å². The Kier molecular flexibility index (Phi) is 5.02. The van der Waals surface area contributed by atoms with E-state index in [1.54, 1.807) is 7.11 Å². The van der Waals surface area contributed by atoms with E-state index in [9.17, 15) is 4.79 Å². The molecule has 4 heteroatoms. The van der Waals surface area contributed by atoms with Crippen LogP contribution in [0.3, 0.4) is 0 Å². The number of carbonyl (C=O) groups excluding carboxylic acids is 1. The van der Waals surface area contributed by atoms with Gasteiger partial charge in [0.1, 0.15) is 11.7 Å². The Labute approximate surface area is 101 Å². The first-order valence-corrected chi connectivity index (χ1v) is 5.51. The van der Waals surface area contributed by atoms with Crippen molar-refractivity contribution >= 4 is 5.91 Å². The van der Waals surface area contributed by atoms with Crippen LogP contribution in [0.1, 0.15) is 18.9 Å². The molecule has 1 rings (SSSR count). The van der Waals surface area contributed by atoms with Crippen molar-refractivity contribution in [2.24, 2.45) is 5.92 Å². The zero-order valence-electron chi connectivity index (χ0n) is 10.1. The summed E-state index contributed by atoms with van der Waals surface area (Å²) in [6.45, 7) is 2.23. The quantitative estimate of drug-likeness (QED) is 0.842. The minimum atomic E-state index is -0.569. The molecule has 0 radical (unpaired) electrons. The molecule has 1 amide bonds. The molecule has 0 heterocycles. The molecule has 0 aliphatic heterocycles. The van der Waals surface area contributed by atoms with Gasteiger partial charge in [0, 0.05) is 6.54 Å². The molecule has 0 aromatic heterocycles. The number of rotatable bonds is 5. The summed E-state index contributed by atoms with van der Waals surface area (Å²) in [6, 6.07) is 9.43. The molecule has 0 bridgehead atoms. The lowest BCUT2D eigenvalue weighted by molar-refractivity contribution is -0.123. The lowest BCUT2D eigenvalue weighted by atomic mass is 10.1. The van der Waals surface area contributed by atoms with Crippen LogP contribution in [-0.2, 0) is 11.3 Å². The number of hydrogen-bond donors (Lipinski definition) is 1. The Hall–Kier alpha value is -2.02. The number of methoxy groups -OCH3 is 1. The molecule has 0 aliphatic rings. The number of benzene rings is 1. The van der Waals surface area contributed by atoms with E-state index in [-0.39, 0.29) is 5.91 Å². The molecule has 0 saturated carbocycles. The average Bonchev–Trinajstić information content (AvgIpc) is 2.38. The highest BCUT2D eigenvalue weighted by atomic mass is 16.5. The maximum atomic E-state index is 11.6. The fraction of sp³-hybridized carbons (Fsp3) is 0.385. The molecule has 1 atom stereocenters. The monoisotopic (exact) mass is 232 g/mol. The Bertz CT molecular complexity index is 424. The van der Waals surface area contributed by atoms with Crippen molar-refractivity contribution in [3.8, 4) is 11.8 Å². The van der Waals surface area contributed by atoms with Crippen LogP contribution in [0.5, 0.6) is 5.75 Å². The topological polar surface area (TPSA) is 62.1 Å². The Morgan fingerprint density at radius 1 is 1.59 bits per heavy atom. The molecular weight excluding hydrogens is 216 g/mol. The van der Waals surface area contributed by atoms with Gasteiger partial charge in [0.15, 0.2) is 0 Å². The van der Waals surface area contributed by atoms with Crippen LogP contribution in [0.2, 0.25) is 0 Å². The van der Waals surface area contributed by atoms with Crippen molar-refractivity contribution in [3.63, 3.8) is 0 Å². The molecule has 4 nitrogen and oxygen atoms in total. The van der Waals surface area contributed by atoms with Crippen molar-refractivity contribution in [2.45, 2.75) is 19.9 Å². The Morgan fingerprint density at radius 2 is 2.35 bits per heavy atom. The highest BCUT2D eigenvalue weighted by Crippen LogP contribution is 2.12. The predicted molar refractivity (Wildman–Crippen MR) is 64.2 cm³/mol. The van der Waals surface area contributed by atoms with Gasteiger partial charge >= 0.3 is 0 Å². The largest absolute Gasteiger partial charge is 0.497 e. The zero-order valence-corrected chi connectivity index (χ0v) is 10.1. The predicted octanol–water partition coefficient (Wildman–Crippen LogP) is 1.86. The van der Waals surface area contributed by atoms with E-state index in [0.717, 1.165) is 11.3 Å². The van der Waals surface area contributed by atoms with Crippen LogP contribution in [-0.4, -0.2) is 13.0 Å².